The average molecular weight is 601 g/mol. The Labute approximate surface area is 262 Å². The molecule has 0 radical (unpaired) electrons. The highest BCUT2D eigenvalue weighted by Gasteiger charge is 2.13. The Bertz CT molecular complexity index is 835. The molecule has 0 bridgehead atoms. The molecule has 0 saturated carbocycles. The molecule has 0 aliphatic carbocycles. The summed E-state index contributed by atoms with van der Waals surface area (Å²) >= 11 is 2.96. The van der Waals surface area contributed by atoms with E-state index in [1.807, 2.05) is 0 Å². The first-order valence-electron chi connectivity index (χ1n) is 16.9. The summed E-state index contributed by atoms with van der Waals surface area (Å²) in [5, 5.41) is 0. The number of hydrogen-bond donors (Lipinski definition) is 2. The summed E-state index contributed by atoms with van der Waals surface area (Å²) in [7, 11) is 0. The monoisotopic (exact) mass is 600 g/mol. The molecule has 2 aromatic carbocycles. The van der Waals surface area contributed by atoms with Gasteiger partial charge in [-0.15, -0.1) is 0 Å². The molecule has 3 nitrogen and oxygen atoms in total. The maximum atomic E-state index is 6.70. The molecule has 0 unspecified atom stereocenters. The largest absolute Gasteiger partial charge is 0.398 e. The zero-order valence-electron chi connectivity index (χ0n) is 26.8. The van der Waals surface area contributed by atoms with Crippen molar-refractivity contribution in [1.29, 1.82) is 0 Å². The quantitative estimate of drug-likeness (QED) is 0.0713. The topological polar surface area (TPSA) is 61.3 Å². The molecule has 0 saturated heterocycles. The Kier molecular flexibility index (Phi) is 19.5. The van der Waals surface area contributed by atoms with Crippen LogP contribution in [0.2, 0.25) is 0 Å². The molecular formula is C36H60N2OS2. The van der Waals surface area contributed by atoms with Crippen molar-refractivity contribution in [2.24, 2.45) is 0 Å². The maximum Gasteiger partial charge on any atom is 0.0448 e. The van der Waals surface area contributed by atoms with Gasteiger partial charge in [0.05, 0.1) is 0 Å². The normalized spacial score (nSPS) is 11.4. The van der Waals surface area contributed by atoms with Crippen LogP contribution in [0.5, 0.6) is 0 Å². The van der Waals surface area contributed by atoms with Crippen molar-refractivity contribution < 1.29 is 3.63 Å². The smallest absolute Gasteiger partial charge is 0.0448 e. The van der Waals surface area contributed by atoms with Gasteiger partial charge in [-0.3, -0.25) is 0 Å². The first-order valence-corrected chi connectivity index (χ1v) is 18.4. The lowest BCUT2D eigenvalue weighted by molar-refractivity contribution is 0.660. The molecule has 0 aromatic heterocycles. The van der Waals surface area contributed by atoms with Crippen molar-refractivity contribution in [3.8, 4) is 0 Å². The third-order valence-electron chi connectivity index (χ3n) is 8.11. The number of unbranched alkanes of at least 4 members (excludes halogenated alkanes) is 12. The molecule has 41 heavy (non-hydrogen) atoms. The lowest BCUT2D eigenvalue weighted by Crippen LogP contribution is -2.02. The molecule has 0 heterocycles. The second-order valence-electron chi connectivity index (χ2n) is 11.8. The Balaban J connectivity index is 2.13. The summed E-state index contributed by atoms with van der Waals surface area (Å²) in [5.74, 6) is 0. The highest BCUT2D eigenvalue weighted by atomic mass is 32.2. The fourth-order valence-electron chi connectivity index (χ4n) is 5.48. The van der Waals surface area contributed by atoms with Crippen LogP contribution in [0.3, 0.4) is 0 Å². The minimum atomic E-state index is 1.01. The van der Waals surface area contributed by atoms with Crippen LogP contribution in [0.1, 0.15) is 153 Å². The third kappa shape index (κ3) is 14.1. The third-order valence-corrected chi connectivity index (χ3v) is 9.51. The first-order chi connectivity index (χ1) is 20.0. The van der Waals surface area contributed by atoms with E-state index in [9.17, 15) is 0 Å². The predicted octanol–water partition coefficient (Wildman–Crippen LogP) is 12.1. The first kappa shape index (κ1) is 35.9. The number of hydrogen-bond acceptors (Lipinski definition) is 5. The number of benzene rings is 2. The van der Waals surface area contributed by atoms with Gasteiger partial charge in [0.25, 0.3) is 0 Å². The van der Waals surface area contributed by atoms with E-state index in [0.29, 0.717) is 0 Å². The van der Waals surface area contributed by atoms with E-state index in [2.05, 4.69) is 52.0 Å². The minimum absolute atomic E-state index is 1.01. The Morgan fingerprint density at radius 3 is 0.951 bits per heavy atom. The molecule has 4 N–H and O–H groups in total. The van der Waals surface area contributed by atoms with Crippen molar-refractivity contribution >= 4 is 35.5 Å². The number of nitrogen functional groups attached to an aromatic ring is 2. The van der Waals surface area contributed by atoms with Crippen molar-refractivity contribution in [3.05, 3.63) is 46.5 Å². The van der Waals surface area contributed by atoms with Crippen LogP contribution in [0.25, 0.3) is 0 Å². The summed E-state index contributed by atoms with van der Waals surface area (Å²) in [6.45, 7) is 9.06. The predicted molar refractivity (Wildman–Crippen MR) is 186 cm³/mol. The fourth-order valence-corrected chi connectivity index (χ4v) is 7.01. The maximum absolute atomic E-state index is 6.70. The van der Waals surface area contributed by atoms with Gasteiger partial charge in [0, 0.05) is 45.3 Å². The molecule has 0 aliphatic heterocycles. The summed E-state index contributed by atoms with van der Waals surface area (Å²) < 4.78 is 6.23. The standard InChI is InChI=1S/C36H60N2OS2/c1-5-9-13-17-21-29-25-33(26-30(35(29)37)22-18-14-10-6-2)40-39-41-34-27-31(23-19-15-11-7-3)36(38)32(28-34)24-20-16-12-8-4/h25-28H,5-24,37-38H2,1-4H3. The van der Waals surface area contributed by atoms with Gasteiger partial charge in [-0.05, 0) is 97.9 Å². The summed E-state index contributed by atoms with van der Waals surface area (Å²) in [5.41, 5.74) is 20.6. The van der Waals surface area contributed by atoms with Crippen LogP contribution < -0.4 is 11.5 Å². The highest BCUT2D eigenvalue weighted by molar-refractivity contribution is 8.07. The molecule has 2 aromatic rings. The summed E-state index contributed by atoms with van der Waals surface area (Å²) in [4.78, 5) is 2.33. The lowest BCUT2D eigenvalue weighted by Gasteiger charge is -2.15. The SMILES string of the molecule is CCCCCCc1cc(SOSc2cc(CCCCCC)c(N)c(CCCCCC)c2)cc(CCCCCC)c1N. The zero-order valence-corrected chi connectivity index (χ0v) is 28.5. The second-order valence-corrected chi connectivity index (χ2v) is 13.6. The van der Waals surface area contributed by atoms with Crippen molar-refractivity contribution in [2.75, 3.05) is 11.5 Å². The molecule has 0 spiro atoms. The summed E-state index contributed by atoms with van der Waals surface area (Å²) in [6.07, 6.45) is 24.3. The van der Waals surface area contributed by atoms with Gasteiger partial charge in [0.1, 0.15) is 0 Å². The highest BCUT2D eigenvalue weighted by Crippen LogP contribution is 2.36. The van der Waals surface area contributed by atoms with Gasteiger partial charge in [-0.25, -0.2) is 3.63 Å². The lowest BCUT2D eigenvalue weighted by atomic mass is 9.98. The van der Waals surface area contributed by atoms with Gasteiger partial charge >= 0.3 is 0 Å². The van der Waals surface area contributed by atoms with Gasteiger partial charge in [0.15, 0.2) is 0 Å². The Morgan fingerprint density at radius 1 is 0.439 bits per heavy atom. The van der Waals surface area contributed by atoms with E-state index < -0.39 is 0 Å². The van der Waals surface area contributed by atoms with E-state index in [1.165, 1.54) is 149 Å². The van der Waals surface area contributed by atoms with Crippen LogP contribution in [-0.4, -0.2) is 0 Å². The van der Waals surface area contributed by atoms with Crippen LogP contribution in [0.15, 0.2) is 34.1 Å². The minimum Gasteiger partial charge on any atom is -0.398 e. The van der Waals surface area contributed by atoms with E-state index in [4.69, 9.17) is 15.1 Å². The molecule has 0 aliphatic rings. The molecular weight excluding hydrogens is 541 g/mol. The zero-order chi connectivity index (χ0) is 29.7. The van der Waals surface area contributed by atoms with Gasteiger partial charge in [-0.1, -0.05) is 105 Å². The van der Waals surface area contributed by atoms with Crippen molar-refractivity contribution in [3.63, 3.8) is 0 Å². The van der Waals surface area contributed by atoms with E-state index in [1.54, 1.807) is 0 Å². The Morgan fingerprint density at radius 2 is 0.707 bits per heavy atom. The number of rotatable bonds is 24. The number of anilines is 2. The van der Waals surface area contributed by atoms with Crippen LogP contribution in [0, 0.1) is 0 Å². The van der Waals surface area contributed by atoms with Crippen LogP contribution in [0.4, 0.5) is 11.4 Å². The van der Waals surface area contributed by atoms with E-state index in [0.717, 1.165) is 46.8 Å². The van der Waals surface area contributed by atoms with Crippen LogP contribution >= 0.6 is 24.1 Å². The molecule has 0 atom stereocenters. The average Bonchev–Trinajstić information content (AvgIpc) is 2.97. The van der Waals surface area contributed by atoms with Gasteiger partial charge < -0.3 is 11.5 Å². The van der Waals surface area contributed by atoms with Gasteiger partial charge in [-0.2, -0.15) is 0 Å². The number of aryl methyl sites for hydroxylation is 4. The summed E-state index contributed by atoms with van der Waals surface area (Å²) in [6, 6.07) is 9.07. The van der Waals surface area contributed by atoms with E-state index in [-0.39, 0.29) is 0 Å². The van der Waals surface area contributed by atoms with Gasteiger partial charge in [0.2, 0.25) is 0 Å². The molecule has 2 rings (SSSR count). The molecule has 232 valence electrons. The molecule has 0 amide bonds. The van der Waals surface area contributed by atoms with Crippen molar-refractivity contribution in [2.45, 2.75) is 166 Å². The van der Waals surface area contributed by atoms with E-state index >= 15 is 0 Å². The molecule has 5 heteroatoms. The molecule has 0 fully saturated rings. The van der Waals surface area contributed by atoms with Crippen LogP contribution in [-0.2, 0) is 29.3 Å². The fraction of sp³-hybridized carbons (Fsp3) is 0.667. The second kappa shape index (κ2) is 22.3. The Hall–Kier alpha value is -1.30. The number of nitrogens with two attached hydrogens (primary N) is 2. The van der Waals surface area contributed by atoms with Crippen molar-refractivity contribution in [1.82, 2.24) is 0 Å².